The summed E-state index contributed by atoms with van der Waals surface area (Å²) in [6, 6.07) is 0. The molecule has 1 aliphatic carbocycles. The number of allylic oxidation sites excluding steroid dienone is 2. The minimum Gasteiger partial charge on any atom is -0.362 e. The molecule has 2 rings (SSSR count). The molecule has 3 heteroatoms. The third-order valence-corrected chi connectivity index (χ3v) is 3.16. The van der Waals surface area contributed by atoms with Gasteiger partial charge in [-0.25, -0.2) is 0 Å². The van der Waals surface area contributed by atoms with Crippen LogP contribution in [0.25, 0.3) is 0 Å². The third-order valence-electron chi connectivity index (χ3n) is 3.16. The fourth-order valence-corrected chi connectivity index (χ4v) is 2.18. The highest BCUT2D eigenvalue weighted by Gasteiger charge is 2.31. The van der Waals surface area contributed by atoms with Crippen molar-refractivity contribution in [1.29, 1.82) is 5.41 Å². The molecule has 3 nitrogen and oxygen atoms in total. The van der Waals surface area contributed by atoms with Gasteiger partial charge in [0, 0.05) is 23.3 Å². The summed E-state index contributed by atoms with van der Waals surface area (Å²) in [6.07, 6.45) is 4.53. The van der Waals surface area contributed by atoms with Crippen molar-refractivity contribution in [1.82, 2.24) is 0 Å². The molecule has 0 bridgehead atoms. The molecule has 0 radical (unpaired) electrons. The largest absolute Gasteiger partial charge is 0.362 e. The molecular weight excluding hydrogens is 236 g/mol. The van der Waals surface area contributed by atoms with Crippen LogP contribution in [0.3, 0.4) is 0 Å². The van der Waals surface area contributed by atoms with Crippen molar-refractivity contribution in [2.75, 3.05) is 0 Å². The maximum atomic E-state index is 8.14. The molecule has 0 saturated heterocycles. The number of hydrogen-bond donors (Lipinski definition) is 1. The van der Waals surface area contributed by atoms with E-state index in [1.165, 1.54) is 0 Å². The molecule has 1 aliphatic heterocycles. The van der Waals surface area contributed by atoms with Crippen LogP contribution in [0.4, 0.5) is 0 Å². The highest BCUT2D eigenvalue weighted by molar-refractivity contribution is 6.06. The fourth-order valence-electron chi connectivity index (χ4n) is 2.18. The second-order valence-corrected chi connectivity index (χ2v) is 7.32. The zero-order valence-corrected chi connectivity index (χ0v) is 12.8. The number of fused-ring (bicyclic) bond motifs is 1. The number of aliphatic imine (C=N–C) groups is 1. The molecule has 1 atom stereocenters. The Hall–Kier alpha value is -1.22. The summed E-state index contributed by atoms with van der Waals surface area (Å²) in [5.41, 5.74) is 3.67. The average Bonchev–Trinajstić information content (AvgIpc) is 2.58. The Morgan fingerprint density at radius 1 is 1.21 bits per heavy atom. The fraction of sp³-hybridized carbons (Fsp3) is 0.625. The highest BCUT2D eigenvalue weighted by atomic mass is 16.5. The number of hydrogen-bond acceptors (Lipinski definition) is 3. The molecule has 0 aromatic carbocycles. The van der Waals surface area contributed by atoms with Gasteiger partial charge in [-0.2, -0.15) is 0 Å². The quantitative estimate of drug-likeness (QED) is 0.763. The van der Waals surface area contributed by atoms with Crippen LogP contribution in [0, 0.1) is 10.8 Å². The molecule has 0 spiro atoms. The predicted octanol–water partition coefficient (Wildman–Crippen LogP) is 3.90. The summed E-state index contributed by atoms with van der Waals surface area (Å²) in [4.78, 5) is 4.70. The molecule has 104 valence electrons. The zero-order valence-electron chi connectivity index (χ0n) is 12.8. The molecule has 19 heavy (non-hydrogen) atoms. The van der Waals surface area contributed by atoms with E-state index >= 15 is 0 Å². The van der Waals surface area contributed by atoms with Gasteiger partial charge in [0.2, 0.25) is 0 Å². The first-order chi connectivity index (χ1) is 8.56. The van der Waals surface area contributed by atoms with E-state index in [2.05, 4.69) is 26.8 Å². The van der Waals surface area contributed by atoms with Crippen LogP contribution >= 0.6 is 0 Å². The lowest BCUT2D eigenvalue weighted by Gasteiger charge is -2.29. The van der Waals surface area contributed by atoms with Crippen LogP contribution in [-0.2, 0) is 4.74 Å². The molecule has 2 aliphatic rings. The second kappa shape index (κ2) is 4.41. The minimum atomic E-state index is -0.246. The Balaban J connectivity index is 2.28. The van der Waals surface area contributed by atoms with Crippen molar-refractivity contribution in [3.05, 3.63) is 23.4 Å². The molecule has 0 aromatic heterocycles. The van der Waals surface area contributed by atoms with Crippen LogP contribution < -0.4 is 0 Å². The lowest BCUT2D eigenvalue weighted by Crippen LogP contribution is -2.33. The van der Waals surface area contributed by atoms with Gasteiger partial charge in [-0.3, -0.25) is 4.99 Å². The van der Waals surface area contributed by atoms with Gasteiger partial charge >= 0.3 is 0 Å². The van der Waals surface area contributed by atoms with E-state index in [4.69, 9.17) is 15.1 Å². The van der Waals surface area contributed by atoms with E-state index < -0.39 is 0 Å². The van der Waals surface area contributed by atoms with E-state index in [9.17, 15) is 0 Å². The Morgan fingerprint density at radius 2 is 1.84 bits per heavy atom. The summed E-state index contributed by atoms with van der Waals surface area (Å²) < 4.78 is 5.92. The SMILES string of the molecule is CC(C)(C)OC1C=C2N=C(C(C)(C)C)C=C2CC1=N. The van der Waals surface area contributed by atoms with E-state index in [0.717, 1.165) is 17.0 Å². The average molecular weight is 260 g/mol. The molecule has 0 fully saturated rings. The summed E-state index contributed by atoms with van der Waals surface area (Å²) in [5, 5.41) is 8.14. The first-order valence-electron chi connectivity index (χ1n) is 6.83. The van der Waals surface area contributed by atoms with Crippen LogP contribution in [0.5, 0.6) is 0 Å². The third kappa shape index (κ3) is 3.21. The Bertz CT molecular complexity index is 496. The van der Waals surface area contributed by atoms with Crippen LogP contribution in [0.15, 0.2) is 28.4 Å². The van der Waals surface area contributed by atoms with Gasteiger partial charge in [0.25, 0.3) is 0 Å². The van der Waals surface area contributed by atoms with Gasteiger partial charge in [-0.05, 0) is 38.5 Å². The van der Waals surface area contributed by atoms with Gasteiger partial charge in [-0.1, -0.05) is 20.8 Å². The van der Waals surface area contributed by atoms with E-state index in [-0.39, 0.29) is 17.1 Å². The van der Waals surface area contributed by atoms with E-state index in [1.807, 2.05) is 26.8 Å². The van der Waals surface area contributed by atoms with Crippen molar-refractivity contribution in [2.45, 2.75) is 59.7 Å². The van der Waals surface area contributed by atoms with Gasteiger partial charge in [0.15, 0.2) is 0 Å². The molecule has 1 heterocycles. The molecule has 0 amide bonds. The molecule has 1 unspecified atom stereocenters. The van der Waals surface area contributed by atoms with Crippen LogP contribution in [0.2, 0.25) is 0 Å². The van der Waals surface area contributed by atoms with Crippen molar-refractivity contribution in [3.8, 4) is 0 Å². The lowest BCUT2D eigenvalue weighted by molar-refractivity contribution is -0.0116. The first kappa shape index (κ1) is 14.2. The Morgan fingerprint density at radius 3 is 2.37 bits per heavy atom. The van der Waals surface area contributed by atoms with E-state index in [1.54, 1.807) is 0 Å². The summed E-state index contributed by atoms with van der Waals surface area (Å²) >= 11 is 0. The molecule has 1 N–H and O–H groups in total. The predicted molar refractivity (Wildman–Crippen MR) is 80.0 cm³/mol. The Kier molecular flexibility index (Phi) is 3.29. The lowest BCUT2D eigenvalue weighted by atomic mass is 9.88. The number of rotatable bonds is 1. The zero-order chi connectivity index (χ0) is 14.4. The summed E-state index contributed by atoms with van der Waals surface area (Å²) in [7, 11) is 0. The second-order valence-electron chi connectivity index (χ2n) is 7.32. The molecular formula is C16H24N2O. The monoisotopic (exact) mass is 260 g/mol. The smallest absolute Gasteiger partial charge is 0.116 e. The first-order valence-corrected chi connectivity index (χ1v) is 6.83. The van der Waals surface area contributed by atoms with Crippen molar-refractivity contribution < 1.29 is 4.74 Å². The highest BCUT2D eigenvalue weighted by Crippen LogP contribution is 2.34. The van der Waals surface area contributed by atoms with Gasteiger partial charge in [-0.15, -0.1) is 0 Å². The molecule has 0 saturated carbocycles. The molecule has 0 aromatic rings. The maximum Gasteiger partial charge on any atom is 0.116 e. The van der Waals surface area contributed by atoms with Crippen LogP contribution in [-0.4, -0.2) is 23.1 Å². The normalized spacial score (nSPS) is 23.8. The number of nitrogens with zero attached hydrogens (tertiary/aromatic N) is 1. The van der Waals surface area contributed by atoms with Gasteiger partial charge in [0.1, 0.15) is 6.10 Å². The number of nitrogens with one attached hydrogen (secondary N) is 1. The maximum absolute atomic E-state index is 8.14. The van der Waals surface area contributed by atoms with Crippen molar-refractivity contribution in [2.24, 2.45) is 10.4 Å². The number of ether oxygens (including phenoxy) is 1. The standard InChI is InChI=1S/C16H24N2O/c1-15(2,3)14-8-10-7-11(17)13(9-12(10)18-14)19-16(4,5)6/h8-9,13,17H,7H2,1-6H3. The van der Waals surface area contributed by atoms with Crippen molar-refractivity contribution >= 4 is 11.4 Å². The van der Waals surface area contributed by atoms with Gasteiger partial charge < -0.3 is 10.1 Å². The van der Waals surface area contributed by atoms with Gasteiger partial charge in [0.05, 0.1) is 11.3 Å². The van der Waals surface area contributed by atoms with Crippen molar-refractivity contribution in [3.63, 3.8) is 0 Å². The summed E-state index contributed by atoms with van der Waals surface area (Å²) in [6.45, 7) is 12.5. The van der Waals surface area contributed by atoms with E-state index in [0.29, 0.717) is 12.1 Å². The Labute approximate surface area is 116 Å². The summed E-state index contributed by atoms with van der Waals surface area (Å²) in [5.74, 6) is 0. The van der Waals surface area contributed by atoms with Crippen LogP contribution in [0.1, 0.15) is 48.0 Å². The minimum absolute atomic E-state index is 0.0494. The topological polar surface area (TPSA) is 45.4 Å².